The summed E-state index contributed by atoms with van der Waals surface area (Å²) in [6.07, 6.45) is 6.32. The third-order valence-corrected chi connectivity index (χ3v) is 4.86. The molecule has 0 spiro atoms. The lowest BCUT2D eigenvalue weighted by atomic mass is 9.86. The number of anilines is 1. The number of nitrogens with zero attached hydrogens (tertiary/aromatic N) is 1. The van der Waals surface area contributed by atoms with E-state index in [9.17, 15) is 0 Å². The van der Waals surface area contributed by atoms with Gasteiger partial charge in [0.1, 0.15) is 0 Å². The van der Waals surface area contributed by atoms with Gasteiger partial charge in [0.25, 0.3) is 0 Å². The maximum absolute atomic E-state index is 3.63. The minimum absolute atomic E-state index is 0.354. The Balaban J connectivity index is 2.09. The Kier molecular flexibility index (Phi) is 6.10. The molecule has 2 heteroatoms. The van der Waals surface area contributed by atoms with Gasteiger partial charge >= 0.3 is 0 Å². The van der Waals surface area contributed by atoms with Gasteiger partial charge in [-0.25, -0.2) is 0 Å². The second-order valence-electron chi connectivity index (χ2n) is 6.85. The van der Waals surface area contributed by atoms with Crippen LogP contribution in [0.1, 0.15) is 52.0 Å². The molecule has 1 unspecified atom stereocenters. The van der Waals surface area contributed by atoms with Crippen LogP contribution in [0.2, 0.25) is 0 Å². The van der Waals surface area contributed by atoms with Gasteiger partial charge in [0.15, 0.2) is 0 Å². The fraction of sp³-hybridized carbons (Fsp3) is 0.684. The number of nitrogens with one attached hydrogen (secondary N) is 1. The van der Waals surface area contributed by atoms with Crippen molar-refractivity contribution in [2.24, 2.45) is 5.41 Å². The number of aryl methyl sites for hydroxylation is 1. The molecule has 1 N–H and O–H groups in total. The fourth-order valence-electron chi connectivity index (χ4n) is 3.25. The Bertz CT molecular complexity index is 429. The van der Waals surface area contributed by atoms with Crippen molar-refractivity contribution < 1.29 is 0 Å². The van der Waals surface area contributed by atoms with Gasteiger partial charge in [-0.2, -0.15) is 0 Å². The molecule has 21 heavy (non-hydrogen) atoms. The summed E-state index contributed by atoms with van der Waals surface area (Å²) in [7, 11) is 0. The Labute approximate surface area is 130 Å². The highest BCUT2D eigenvalue weighted by Gasteiger charge is 2.26. The van der Waals surface area contributed by atoms with Gasteiger partial charge < -0.3 is 10.2 Å². The Morgan fingerprint density at radius 3 is 2.76 bits per heavy atom. The molecule has 1 aliphatic rings. The molecule has 1 aromatic carbocycles. The monoisotopic (exact) mass is 288 g/mol. The molecular weight excluding hydrogens is 256 g/mol. The zero-order chi connectivity index (χ0) is 15.1. The van der Waals surface area contributed by atoms with Crippen molar-refractivity contribution in [3.05, 3.63) is 29.8 Å². The van der Waals surface area contributed by atoms with Gasteiger partial charge in [-0.15, -0.1) is 0 Å². The maximum atomic E-state index is 3.63. The van der Waals surface area contributed by atoms with Crippen molar-refractivity contribution in [2.75, 3.05) is 31.1 Å². The summed E-state index contributed by atoms with van der Waals surface area (Å²) in [6.45, 7) is 11.6. The molecule has 0 saturated carbocycles. The summed E-state index contributed by atoms with van der Waals surface area (Å²) in [4.78, 5) is 2.64. The normalized spacial score (nSPS) is 18.0. The largest absolute Gasteiger partial charge is 0.371 e. The highest BCUT2D eigenvalue weighted by atomic mass is 15.1. The number of benzene rings is 1. The zero-order valence-electron chi connectivity index (χ0n) is 14.1. The third-order valence-electron chi connectivity index (χ3n) is 4.86. The molecule has 1 aliphatic heterocycles. The third kappa shape index (κ3) is 4.47. The SMILES string of the molecule is CCCNCC(C)(CC)CN1CCCCc2ccccc21. The van der Waals surface area contributed by atoms with Crippen LogP contribution in [0.3, 0.4) is 0 Å². The number of para-hydroxylation sites is 1. The number of hydrogen-bond donors (Lipinski definition) is 1. The number of fused-ring (bicyclic) bond motifs is 1. The molecule has 0 aliphatic carbocycles. The summed E-state index contributed by atoms with van der Waals surface area (Å²) in [6, 6.07) is 9.00. The van der Waals surface area contributed by atoms with Crippen LogP contribution in [0.15, 0.2) is 24.3 Å². The van der Waals surface area contributed by atoms with E-state index >= 15 is 0 Å². The van der Waals surface area contributed by atoms with E-state index < -0.39 is 0 Å². The lowest BCUT2D eigenvalue weighted by Crippen LogP contribution is -2.42. The van der Waals surface area contributed by atoms with Crippen LogP contribution < -0.4 is 10.2 Å². The van der Waals surface area contributed by atoms with Gasteiger partial charge in [0, 0.05) is 25.3 Å². The van der Waals surface area contributed by atoms with Crippen molar-refractivity contribution in [1.29, 1.82) is 0 Å². The van der Waals surface area contributed by atoms with Crippen molar-refractivity contribution in [3.8, 4) is 0 Å². The van der Waals surface area contributed by atoms with Gasteiger partial charge in [-0.1, -0.05) is 39.0 Å². The van der Waals surface area contributed by atoms with Crippen molar-refractivity contribution in [2.45, 2.75) is 52.9 Å². The quantitative estimate of drug-likeness (QED) is 0.755. The zero-order valence-corrected chi connectivity index (χ0v) is 14.1. The van der Waals surface area contributed by atoms with Gasteiger partial charge in [0.05, 0.1) is 0 Å². The summed E-state index contributed by atoms with van der Waals surface area (Å²) in [5, 5.41) is 3.63. The summed E-state index contributed by atoms with van der Waals surface area (Å²) in [5.41, 5.74) is 3.37. The molecular formula is C19H32N2. The highest BCUT2D eigenvalue weighted by Crippen LogP contribution is 2.30. The van der Waals surface area contributed by atoms with Crippen molar-refractivity contribution in [1.82, 2.24) is 5.32 Å². The van der Waals surface area contributed by atoms with Gasteiger partial charge in [-0.3, -0.25) is 0 Å². The van der Waals surface area contributed by atoms with E-state index in [-0.39, 0.29) is 0 Å². The summed E-state index contributed by atoms with van der Waals surface area (Å²) >= 11 is 0. The van der Waals surface area contributed by atoms with Crippen molar-refractivity contribution in [3.63, 3.8) is 0 Å². The molecule has 1 atom stereocenters. The summed E-state index contributed by atoms with van der Waals surface area (Å²) < 4.78 is 0. The topological polar surface area (TPSA) is 15.3 Å². The minimum Gasteiger partial charge on any atom is -0.371 e. The summed E-state index contributed by atoms with van der Waals surface area (Å²) in [5.74, 6) is 0. The first kappa shape index (κ1) is 16.4. The van der Waals surface area contributed by atoms with Crippen LogP contribution in [-0.2, 0) is 6.42 Å². The van der Waals surface area contributed by atoms with E-state index in [0.29, 0.717) is 5.41 Å². The van der Waals surface area contributed by atoms with Crippen LogP contribution in [0, 0.1) is 5.41 Å². The second kappa shape index (κ2) is 7.84. The molecule has 2 nitrogen and oxygen atoms in total. The number of rotatable bonds is 7. The first-order chi connectivity index (χ1) is 10.2. The smallest absolute Gasteiger partial charge is 0.0398 e. The molecule has 0 radical (unpaired) electrons. The predicted octanol–water partition coefficient (Wildman–Crippen LogP) is 4.25. The van der Waals surface area contributed by atoms with Crippen LogP contribution in [-0.4, -0.2) is 26.2 Å². The van der Waals surface area contributed by atoms with E-state index in [4.69, 9.17) is 0 Å². The van der Waals surface area contributed by atoms with Crippen LogP contribution in [0.25, 0.3) is 0 Å². The predicted molar refractivity (Wildman–Crippen MR) is 93.2 cm³/mol. The molecule has 2 rings (SSSR count). The molecule has 0 bridgehead atoms. The molecule has 0 aromatic heterocycles. The Morgan fingerprint density at radius 1 is 1.19 bits per heavy atom. The molecule has 1 heterocycles. The van der Waals surface area contributed by atoms with Gasteiger partial charge in [0.2, 0.25) is 0 Å². The molecule has 0 fully saturated rings. The lowest BCUT2D eigenvalue weighted by Gasteiger charge is -2.36. The van der Waals surface area contributed by atoms with Gasteiger partial charge in [-0.05, 0) is 55.7 Å². The fourth-order valence-corrected chi connectivity index (χ4v) is 3.25. The van der Waals surface area contributed by atoms with E-state index in [0.717, 1.165) is 19.6 Å². The van der Waals surface area contributed by atoms with Crippen molar-refractivity contribution >= 4 is 5.69 Å². The molecule has 1 aromatic rings. The van der Waals surface area contributed by atoms with E-state index in [1.54, 1.807) is 0 Å². The van der Waals surface area contributed by atoms with E-state index in [1.165, 1.54) is 49.9 Å². The minimum atomic E-state index is 0.354. The Morgan fingerprint density at radius 2 is 2.00 bits per heavy atom. The maximum Gasteiger partial charge on any atom is 0.0398 e. The molecule has 0 saturated heterocycles. The standard InChI is InChI=1S/C19H32N2/c1-4-13-20-15-19(3,5-2)16-21-14-9-8-11-17-10-6-7-12-18(17)21/h6-7,10,12,20H,4-5,8-9,11,13-16H2,1-3H3. The first-order valence-corrected chi connectivity index (χ1v) is 8.72. The first-order valence-electron chi connectivity index (χ1n) is 8.72. The van der Waals surface area contributed by atoms with Crippen LogP contribution in [0.5, 0.6) is 0 Å². The van der Waals surface area contributed by atoms with E-state index in [1.807, 2.05) is 0 Å². The molecule has 0 amide bonds. The van der Waals surface area contributed by atoms with Crippen LogP contribution >= 0.6 is 0 Å². The number of hydrogen-bond acceptors (Lipinski definition) is 2. The molecule has 118 valence electrons. The average molecular weight is 288 g/mol. The van der Waals surface area contributed by atoms with Crippen LogP contribution in [0.4, 0.5) is 5.69 Å². The highest BCUT2D eigenvalue weighted by molar-refractivity contribution is 5.54. The Hall–Kier alpha value is -1.02. The average Bonchev–Trinajstić information content (AvgIpc) is 2.70. The lowest BCUT2D eigenvalue weighted by molar-refractivity contribution is 0.295. The van der Waals surface area contributed by atoms with E-state index in [2.05, 4.69) is 55.3 Å². The second-order valence-corrected chi connectivity index (χ2v) is 6.85.